The van der Waals surface area contributed by atoms with E-state index in [-0.39, 0.29) is 5.41 Å². The van der Waals surface area contributed by atoms with Gasteiger partial charge in [0.25, 0.3) is 0 Å². The lowest BCUT2D eigenvalue weighted by molar-refractivity contribution is -0.0852. The van der Waals surface area contributed by atoms with Gasteiger partial charge in [-0.2, -0.15) is 0 Å². The van der Waals surface area contributed by atoms with E-state index in [4.69, 9.17) is 14.2 Å². The molecule has 0 amide bonds. The van der Waals surface area contributed by atoms with E-state index >= 15 is 0 Å². The molecule has 1 saturated heterocycles. The van der Waals surface area contributed by atoms with Crippen molar-refractivity contribution in [2.24, 2.45) is 5.41 Å². The maximum Gasteiger partial charge on any atom is 0.508 e. The van der Waals surface area contributed by atoms with Crippen LogP contribution in [0.4, 0.5) is 4.79 Å². The van der Waals surface area contributed by atoms with Crippen LogP contribution in [-0.4, -0.2) is 32.6 Å². The minimum absolute atomic E-state index is 0.192. The summed E-state index contributed by atoms with van der Waals surface area (Å²) in [5, 5.41) is 0. The fourth-order valence-electron chi connectivity index (χ4n) is 3.88. The van der Waals surface area contributed by atoms with Gasteiger partial charge in [-0.1, -0.05) is 117 Å². The first-order chi connectivity index (χ1) is 14.2. The van der Waals surface area contributed by atoms with Gasteiger partial charge in [0.2, 0.25) is 0 Å². The molecule has 0 N–H and O–H groups in total. The summed E-state index contributed by atoms with van der Waals surface area (Å²) < 4.78 is 15.7. The van der Waals surface area contributed by atoms with Gasteiger partial charge in [0.05, 0.1) is 12.0 Å². The highest BCUT2D eigenvalue weighted by atomic mass is 16.7. The Hall–Kier alpha value is -0.770. The Kier molecular flexibility index (Phi) is 16.3. The molecular formula is C25H48O4. The van der Waals surface area contributed by atoms with Gasteiger partial charge in [0.1, 0.15) is 13.2 Å². The van der Waals surface area contributed by atoms with Crippen molar-refractivity contribution in [3.8, 4) is 0 Å². The first-order valence-electron chi connectivity index (χ1n) is 12.5. The number of hydrogen-bond acceptors (Lipinski definition) is 4. The Morgan fingerprint density at radius 1 is 0.690 bits per heavy atom. The molecule has 172 valence electrons. The van der Waals surface area contributed by atoms with E-state index in [1.165, 1.54) is 103 Å². The van der Waals surface area contributed by atoms with Crippen molar-refractivity contribution in [3.05, 3.63) is 0 Å². The van der Waals surface area contributed by atoms with Crippen molar-refractivity contribution in [2.75, 3.05) is 26.4 Å². The molecule has 0 aromatic carbocycles. The molecule has 4 nitrogen and oxygen atoms in total. The van der Waals surface area contributed by atoms with Crippen molar-refractivity contribution in [1.29, 1.82) is 0 Å². The fourth-order valence-corrected chi connectivity index (χ4v) is 3.88. The molecule has 0 unspecified atom stereocenters. The maximum atomic E-state index is 10.9. The van der Waals surface area contributed by atoms with E-state index in [0.29, 0.717) is 19.8 Å². The summed E-state index contributed by atoms with van der Waals surface area (Å²) in [6.45, 7) is 6.50. The van der Waals surface area contributed by atoms with Crippen LogP contribution >= 0.6 is 0 Å². The molecule has 29 heavy (non-hydrogen) atoms. The van der Waals surface area contributed by atoms with Crippen LogP contribution in [0.25, 0.3) is 0 Å². The Morgan fingerprint density at radius 2 is 1.07 bits per heavy atom. The molecule has 0 aliphatic carbocycles. The maximum absolute atomic E-state index is 10.9. The van der Waals surface area contributed by atoms with Crippen LogP contribution in [0.5, 0.6) is 0 Å². The highest BCUT2D eigenvalue weighted by molar-refractivity contribution is 5.60. The predicted molar refractivity (Wildman–Crippen MR) is 120 cm³/mol. The molecule has 1 aliphatic rings. The molecular weight excluding hydrogens is 364 g/mol. The first-order valence-corrected chi connectivity index (χ1v) is 12.5. The summed E-state index contributed by atoms with van der Waals surface area (Å²) in [7, 11) is 0. The highest BCUT2D eigenvalue weighted by Gasteiger charge is 2.33. The molecule has 0 atom stereocenters. The van der Waals surface area contributed by atoms with Crippen molar-refractivity contribution in [1.82, 2.24) is 0 Å². The molecule has 0 radical (unpaired) electrons. The normalized spacial score (nSPS) is 15.9. The summed E-state index contributed by atoms with van der Waals surface area (Å²) in [5.41, 5.74) is -0.192. The van der Waals surface area contributed by atoms with Crippen molar-refractivity contribution >= 4 is 6.16 Å². The number of ether oxygens (including phenoxy) is 3. The van der Waals surface area contributed by atoms with Crippen LogP contribution in [0.3, 0.4) is 0 Å². The van der Waals surface area contributed by atoms with Crippen LogP contribution in [0.1, 0.15) is 123 Å². The van der Waals surface area contributed by atoms with Gasteiger partial charge in [-0.3, -0.25) is 0 Å². The second kappa shape index (κ2) is 18.0. The first kappa shape index (κ1) is 26.3. The third kappa shape index (κ3) is 15.7. The van der Waals surface area contributed by atoms with Gasteiger partial charge in [-0.25, -0.2) is 4.79 Å². The van der Waals surface area contributed by atoms with Crippen molar-refractivity contribution in [2.45, 2.75) is 123 Å². The monoisotopic (exact) mass is 412 g/mol. The number of carbonyl (C=O) groups is 1. The van der Waals surface area contributed by atoms with Gasteiger partial charge in [0, 0.05) is 6.61 Å². The van der Waals surface area contributed by atoms with Crippen molar-refractivity contribution in [3.63, 3.8) is 0 Å². The average Bonchev–Trinajstić information content (AvgIpc) is 2.72. The Morgan fingerprint density at radius 3 is 1.48 bits per heavy atom. The van der Waals surface area contributed by atoms with Crippen LogP contribution < -0.4 is 0 Å². The van der Waals surface area contributed by atoms with E-state index in [9.17, 15) is 4.79 Å². The van der Waals surface area contributed by atoms with E-state index in [2.05, 4.69) is 6.92 Å². The summed E-state index contributed by atoms with van der Waals surface area (Å²) in [5.74, 6) is 0. The Labute approximate surface area is 180 Å². The predicted octanol–water partition coefficient (Wildman–Crippen LogP) is 7.83. The molecule has 1 fully saturated rings. The molecule has 0 aromatic rings. The zero-order valence-electron chi connectivity index (χ0n) is 19.5. The molecule has 0 saturated carbocycles. The molecule has 0 spiro atoms. The minimum atomic E-state index is -0.560. The summed E-state index contributed by atoms with van der Waals surface area (Å²) in [6.07, 6.45) is 23.0. The van der Waals surface area contributed by atoms with Crippen LogP contribution in [0.2, 0.25) is 0 Å². The number of unbranched alkanes of at least 4 members (excludes halogenated alkanes) is 16. The minimum Gasteiger partial charge on any atom is -0.433 e. The topological polar surface area (TPSA) is 44.8 Å². The third-order valence-corrected chi connectivity index (χ3v) is 5.92. The summed E-state index contributed by atoms with van der Waals surface area (Å²) in [6, 6.07) is 0. The lowest BCUT2D eigenvalue weighted by atomic mass is 9.94. The van der Waals surface area contributed by atoms with E-state index in [1.54, 1.807) is 0 Å². The molecule has 0 aromatic heterocycles. The van der Waals surface area contributed by atoms with E-state index in [1.807, 2.05) is 6.92 Å². The standard InChI is InChI=1S/C25H48O4/c1-3-4-5-6-7-8-9-10-11-12-13-14-15-16-17-18-19-20-27-21-25(2)22-28-24(26)29-23-25/h3-23H2,1-2H3. The van der Waals surface area contributed by atoms with Crippen LogP contribution in [0, 0.1) is 5.41 Å². The Balaban J connectivity index is 1.71. The van der Waals surface area contributed by atoms with Crippen molar-refractivity contribution < 1.29 is 19.0 Å². The quantitative estimate of drug-likeness (QED) is 0.151. The molecule has 1 aliphatic heterocycles. The smallest absolute Gasteiger partial charge is 0.433 e. The number of carbonyl (C=O) groups excluding carboxylic acids is 1. The second-order valence-electron chi connectivity index (χ2n) is 9.35. The number of hydrogen-bond donors (Lipinski definition) is 0. The van der Waals surface area contributed by atoms with Gasteiger partial charge < -0.3 is 14.2 Å². The van der Waals surface area contributed by atoms with Gasteiger partial charge in [0.15, 0.2) is 0 Å². The van der Waals surface area contributed by atoms with Crippen LogP contribution in [-0.2, 0) is 14.2 Å². The average molecular weight is 413 g/mol. The van der Waals surface area contributed by atoms with Gasteiger partial charge in [-0.15, -0.1) is 0 Å². The van der Waals surface area contributed by atoms with Crippen LogP contribution in [0.15, 0.2) is 0 Å². The molecule has 1 rings (SSSR count). The second-order valence-corrected chi connectivity index (χ2v) is 9.35. The summed E-state index contributed by atoms with van der Waals surface area (Å²) in [4.78, 5) is 10.9. The Bertz CT molecular complexity index is 373. The number of rotatable bonds is 20. The third-order valence-electron chi connectivity index (χ3n) is 5.92. The highest BCUT2D eigenvalue weighted by Crippen LogP contribution is 2.22. The van der Waals surface area contributed by atoms with E-state index < -0.39 is 6.16 Å². The zero-order valence-corrected chi connectivity index (χ0v) is 19.5. The SMILES string of the molecule is CCCCCCCCCCCCCCCCCCCOCC1(C)COC(=O)OC1. The van der Waals surface area contributed by atoms with E-state index in [0.717, 1.165) is 13.0 Å². The number of cyclic esters (lactones) is 2. The zero-order chi connectivity index (χ0) is 21.0. The largest absolute Gasteiger partial charge is 0.508 e. The molecule has 0 bridgehead atoms. The van der Waals surface area contributed by atoms with Gasteiger partial charge >= 0.3 is 6.16 Å². The molecule has 4 heteroatoms. The lowest BCUT2D eigenvalue weighted by Gasteiger charge is -2.31. The lowest BCUT2D eigenvalue weighted by Crippen LogP contribution is -2.40. The van der Waals surface area contributed by atoms with Gasteiger partial charge in [-0.05, 0) is 6.42 Å². The fraction of sp³-hybridized carbons (Fsp3) is 0.960. The molecule has 1 heterocycles. The summed E-state index contributed by atoms with van der Waals surface area (Å²) >= 11 is 0.